The number of nitrogens with one attached hydrogen (secondary N) is 1. The molecule has 1 aliphatic carbocycles. The summed E-state index contributed by atoms with van der Waals surface area (Å²) in [5.41, 5.74) is 2.64. The predicted molar refractivity (Wildman–Crippen MR) is 147 cm³/mol. The van der Waals surface area contributed by atoms with Crippen molar-refractivity contribution < 1.29 is 19.1 Å². The Morgan fingerprint density at radius 2 is 2.19 bits per heavy atom. The number of anilines is 1. The van der Waals surface area contributed by atoms with Crippen LogP contribution < -0.4 is 10.1 Å². The summed E-state index contributed by atoms with van der Waals surface area (Å²) in [5, 5.41) is 12.7. The van der Waals surface area contributed by atoms with Gasteiger partial charge in [0, 0.05) is 11.4 Å². The Bertz CT molecular complexity index is 1280. The Morgan fingerprint density at radius 1 is 1.35 bits per heavy atom. The first-order valence-electron chi connectivity index (χ1n) is 12.4. The molecule has 0 fully saturated rings. The van der Waals surface area contributed by atoms with Crippen LogP contribution in [0, 0.1) is 12.8 Å². The summed E-state index contributed by atoms with van der Waals surface area (Å²) in [7, 11) is 0. The Kier molecular flexibility index (Phi) is 9.04. The molecule has 2 heterocycles. The molecule has 0 spiro atoms. The molecule has 3 aromatic rings. The number of aryl methyl sites for hydroxylation is 1. The van der Waals surface area contributed by atoms with Crippen LogP contribution in [0.2, 0.25) is 0 Å². The molecule has 196 valence electrons. The number of allylic oxidation sites excluding steroid dienone is 1. The number of amides is 1. The Morgan fingerprint density at radius 3 is 2.95 bits per heavy atom. The molecule has 1 atom stereocenters. The number of benzene rings is 1. The van der Waals surface area contributed by atoms with Crippen LogP contribution in [0.1, 0.15) is 52.5 Å². The third-order valence-corrected chi connectivity index (χ3v) is 8.18. The van der Waals surface area contributed by atoms with Crippen molar-refractivity contribution in [2.24, 2.45) is 5.92 Å². The molecule has 0 radical (unpaired) electrons. The lowest BCUT2D eigenvalue weighted by atomic mass is 9.88. The van der Waals surface area contributed by atoms with Gasteiger partial charge in [-0.05, 0) is 62.3 Å². The largest absolute Gasteiger partial charge is 0.486 e. The highest BCUT2D eigenvalue weighted by Crippen LogP contribution is 2.40. The van der Waals surface area contributed by atoms with Crippen molar-refractivity contribution in [3.05, 3.63) is 64.3 Å². The molecule has 0 saturated heterocycles. The number of hydrogen-bond acceptors (Lipinski definition) is 8. The van der Waals surface area contributed by atoms with Crippen LogP contribution >= 0.6 is 23.1 Å². The first-order chi connectivity index (χ1) is 17.9. The fourth-order valence-corrected chi connectivity index (χ4v) is 6.43. The summed E-state index contributed by atoms with van der Waals surface area (Å²) in [4.78, 5) is 26.8. The fourth-order valence-electron chi connectivity index (χ4n) is 4.25. The highest BCUT2D eigenvalue weighted by Gasteiger charge is 2.29. The van der Waals surface area contributed by atoms with E-state index in [9.17, 15) is 9.59 Å². The normalized spacial score (nSPS) is 14.6. The number of carbonyl (C=O) groups is 2. The highest BCUT2D eigenvalue weighted by atomic mass is 32.2. The third kappa shape index (κ3) is 6.61. The number of esters is 1. The van der Waals surface area contributed by atoms with Crippen molar-refractivity contribution in [2.45, 2.75) is 58.3 Å². The van der Waals surface area contributed by atoms with Crippen LogP contribution in [-0.2, 0) is 35.5 Å². The van der Waals surface area contributed by atoms with E-state index in [4.69, 9.17) is 9.47 Å². The van der Waals surface area contributed by atoms with Crippen molar-refractivity contribution in [2.75, 3.05) is 17.7 Å². The average Bonchev–Trinajstić information content (AvgIpc) is 3.41. The number of hydrogen-bond donors (Lipinski definition) is 1. The van der Waals surface area contributed by atoms with Crippen LogP contribution in [0.3, 0.4) is 0 Å². The SMILES string of the molecule is C=CCn1c(COc2cccc(C)c2)nnc1SCC(=O)Nc1sc2c(c1C(=O)OCC)CCC(C)C2. The Labute approximate surface area is 225 Å². The molecule has 1 aliphatic rings. The van der Waals surface area contributed by atoms with Gasteiger partial charge < -0.3 is 14.8 Å². The first kappa shape index (κ1) is 26.9. The maximum absolute atomic E-state index is 12.9. The molecule has 4 rings (SSSR count). The number of thioether (sulfide) groups is 1. The zero-order chi connectivity index (χ0) is 26.4. The molecule has 0 saturated carbocycles. The molecule has 10 heteroatoms. The summed E-state index contributed by atoms with van der Waals surface area (Å²) >= 11 is 2.77. The molecular formula is C27H32N4O4S2. The van der Waals surface area contributed by atoms with Gasteiger partial charge in [0.15, 0.2) is 11.0 Å². The second-order valence-electron chi connectivity index (χ2n) is 9.02. The molecule has 0 bridgehead atoms. The van der Waals surface area contributed by atoms with Gasteiger partial charge in [0.1, 0.15) is 17.4 Å². The van der Waals surface area contributed by atoms with Crippen LogP contribution in [0.15, 0.2) is 42.1 Å². The topological polar surface area (TPSA) is 95.3 Å². The van der Waals surface area contributed by atoms with E-state index in [0.717, 1.165) is 41.0 Å². The molecule has 2 aromatic heterocycles. The second-order valence-corrected chi connectivity index (χ2v) is 11.1. The van der Waals surface area contributed by atoms with Gasteiger partial charge in [0.05, 0.1) is 17.9 Å². The minimum atomic E-state index is -0.374. The summed E-state index contributed by atoms with van der Waals surface area (Å²) < 4.78 is 13.1. The lowest BCUT2D eigenvalue weighted by Gasteiger charge is -2.18. The van der Waals surface area contributed by atoms with E-state index in [2.05, 4.69) is 29.0 Å². The summed E-state index contributed by atoms with van der Waals surface area (Å²) in [6, 6.07) is 7.81. The summed E-state index contributed by atoms with van der Waals surface area (Å²) in [6.45, 7) is 10.9. The van der Waals surface area contributed by atoms with Gasteiger partial charge in [-0.25, -0.2) is 4.79 Å². The second kappa shape index (κ2) is 12.4. The molecule has 8 nitrogen and oxygen atoms in total. The van der Waals surface area contributed by atoms with E-state index in [1.807, 2.05) is 35.8 Å². The average molecular weight is 541 g/mol. The van der Waals surface area contributed by atoms with E-state index >= 15 is 0 Å². The molecule has 1 unspecified atom stereocenters. The van der Waals surface area contributed by atoms with E-state index < -0.39 is 0 Å². The smallest absolute Gasteiger partial charge is 0.341 e. The van der Waals surface area contributed by atoms with Gasteiger partial charge in [-0.3, -0.25) is 9.36 Å². The number of nitrogens with zero attached hydrogens (tertiary/aromatic N) is 3. The Balaban J connectivity index is 1.43. The van der Waals surface area contributed by atoms with Crippen LogP contribution in [0.5, 0.6) is 5.75 Å². The van der Waals surface area contributed by atoms with Gasteiger partial charge in [-0.15, -0.1) is 28.1 Å². The molecule has 1 amide bonds. The monoisotopic (exact) mass is 540 g/mol. The van der Waals surface area contributed by atoms with E-state index in [1.54, 1.807) is 13.0 Å². The zero-order valence-electron chi connectivity index (χ0n) is 21.4. The lowest BCUT2D eigenvalue weighted by molar-refractivity contribution is -0.113. The van der Waals surface area contributed by atoms with Crippen molar-refractivity contribution >= 4 is 40.0 Å². The molecule has 1 N–H and O–H groups in total. The minimum Gasteiger partial charge on any atom is -0.486 e. The van der Waals surface area contributed by atoms with Crippen molar-refractivity contribution in [3.8, 4) is 5.75 Å². The number of aromatic nitrogens is 3. The lowest BCUT2D eigenvalue weighted by Crippen LogP contribution is -2.18. The summed E-state index contributed by atoms with van der Waals surface area (Å²) in [5.74, 6) is 1.49. The maximum atomic E-state index is 12.9. The van der Waals surface area contributed by atoms with E-state index in [0.29, 0.717) is 34.0 Å². The van der Waals surface area contributed by atoms with Crippen LogP contribution in [0.25, 0.3) is 0 Å². The molecule has 37 heavy (non-hydrogen) atoms. The molecule has 1 aromatic carbocycles. The van der Waals surface area contributed by atoms with Gasteiger partial charge in [-0.2, -0.15) is 0 Å². The number of fused-ring (bicyclic) bond motifs is 1. The highest BCUT2D eigenvalue weighted by molar-refractivity contribution is 7.99. The number of rotatable bonds is 11. The number of carbonyl (C=O) groups excluding carboxylic acids is 2. The van der Waals surface area contributed by atoms with Gasteiger partial charge in [0.25, 0.3) is 0 Å². The maximum Gasteiger partial charge on any atom is 0.341 e. The number of thiophene rings is 1. The first-order valence-corrected chi connectivity index (χ1v) is 14.2. The van der Waals surface area contributed by atoms with Crippen LogP contribution in [0.4, 0.5) is 5.00 Å². The van der Waals surface area contributed by atoms with Crippen molar-refractivity contribution in [1.82, 2.24) is 14.8 Å². The van der Waals surface area contributed by atoms with Gasteiger partial charge in [-0.1, -0.05) is 36.9 Å². The zero-order valence-corrected chi connectivity index (χ0v) is 23.0. The minimum absolute atomic E-state index is 0.120. The molecular weight excluding hydrogens is 508 g/mol. The molecule has 0 aliphatic heterocycles. The predicted octanol–water partition coefficient (Wildman–Crippen LogP) is 5.45. The van der Waals surface area contributed by atoms with Gasteiger partial charge in [0.2, 0.25) is 5.91 Å². The van der Waals surface area contributed by atoms with E-state index in [1.165, 1.54) is 23.1 Å². The van der Waals surface area contributed by atoms with Crippen LogP contribution in [-0.4, -0.2) is 39.0 Å². The fraction of sp³-hybridized carbons (Fsp3) is 0.407. The van der Waals surface area contributed by atoms with Gasteiger partial charge >= 0.3 is 5.97 Å². The summed E-state index contributed by atoms with van der Waals surface area (Å²) in [6.07, 6.45) is 4.51. The number of ether oxygens (including phenoxy) is 2. The Hall–Kier alpha value is -3.11. The standard InChI is InChI=1S/C27H32N4O4S2/c1-5-12-31-22(15-35-19-9-7-8-17(3)13-19)29-30-27(31)36-16-23(32)28-25-24(26(33)34-6-2)20-11-10-18(4)14-21(20)37-25/h5,7-9,13,18H,1,6,10-12,14-16H2,2-4H3,(H,28,32). The van der Waals surface area contributed by atoms with Crippen molar-refractivity contribution in [3.63, 3.8) is 0 Å². The third-order valence-electron chi connectivity index (χ3n) is 6.04. The van der Waals surface area contributed by atoms with E-state index in [-0.39, 0.29) is 30.8 Å². The van der Waals surface area contributed by atoms with Crippen molar-refractivity contribution in [1.29, 1.82) is 0 Å². The quantitative estimate of drug-likeness (QED) is 0.196.